The lowest BCUT2D eigenvalue weighted by Crippen LogP contribution is -2.51. The van der Waals surface area contributed by atoms with E-state index < -0.39 is 24.3 Å². The third-order valence-electron chi connectivity index (χ3n) is 11.7. The summed E-state index contributed by atoms with van der Waals surface area (Å²) >= 11 is 0. The number of carbonyl (C=O) groups is 4. The Bertz CT molecular complexity index is 2540. The first-order valence-corrected chi connectivity index (χ1v) is 20.6. The summed E-state index contributed by atoms with van der Waals surface area (Å²) < 4.78 is 9.58. The molecule has 2 aliphatic heterocycles. The summed E-state index contributed by atoms with van der Waals surface area (Å²) in [5, 5.41) is 7.55. The van der Waals surface area contributed by atoms with E-state index in [4.69, 9.17) is 19.4 Å². The molecule has 1 unspecified atom stereocenters. The zero-order valence-corrected chi connectivity index (χ0v) is 34.6. The van der Waals surface area contributed by atoms with Gasteiger partial charge in [-0.3, -0.25) is 14.6 Å². The summed E-state index contributed by atoms with van der Waals surface area (Å²) in [6.07, 6.45) is 8.64. The lowest BCUT2D eigenvalue weighted by atomic mass is 9.98. The Kier molecular flexibility index (Phi) is 11.8. The van der Waals surface area contributed by atoms with E-state index in [0.29, 0.717) is 24.5 Å². The van der Waals surface area contributed by atoms with Gasteiger partial charge in [0.1, 0.15) is 23.7 Å². The molecule has 3 aromatic carbocycles. The van der Waals surface area contributed by atoms with Crippen molar-refractivity contribution in [2.45, 2.75) is 63.7 Å². The Morgan fingerprint density at radius 2 is 1.21 bits per heavy atom. The fourth-order valence-electron chi connectivity index (χ4n) is 8.43. The van der Waals surface area contributed by atoms with E-state index >= 15 is 0 Å². The highest BCUT2D eigenvalue weighted by Gasteiger charge is 2.39. The van der Waals surface area contributed by atoms with Crippen LogP contribution in [0.25, 0.3) is 44.4 Å². The van der Waals surface area contributed by atoms with Gasteiger partial charge in [-0.2, -0.15) is 0 Å². The molecule has 3 aromatic heterocycles. The van der Waals surface area contributed by atoms with E-state index in [1.54, 1.807) is 35.6 Å². The summed E-state index contributed by atoms with van der Waals surface area (Å²) in [7, 11) is 2.56. The summed E-state index contributed by atoms with van der Waals surface area (Å²) in [5.41, 5.74) is 6.37. The summed E-state index contributed by atoms with van der Waals surface area (Å²) in [6.45, 7) is 4.93. The monoisotopic (exact) mass is 823 g/mol. The van der Waals surface area contributed by atoms with Crippen molar-refractivity contribution in [3.05, 3.63) is 115 Å². The van der Waals surface area contributed by atoms with Gasteiger partial charge >= 0.3 is 12.2 Å². The third-order valence-corrected chi connectivity index (χ3v) is 11.7. The van der Waals surface area contributed by atoms with Crippen molar-refractivity contribution < 1.29 is 28.7 Å². The first kappa shape index (κ1) is 40.7. The van der Waals surface area contributed by atoms with Crippen molar-refractivity contribution in [1.82, 2.24) is 45.4 Å². The average Bonchev–Trinajstić information content (AvgIpc) is 4.14. The van der Waals surface area contributed by atoms with Crippen molar-refractivity contribution in [1.29, 1.82) is 0 Å². The summed E-state index contributed by atoms with van der Waals surface area (Å²) in [5.74, 6) is 0.911. The van der Waals surface area contributed by atoms with Crippen LogP contribution in [0.2, 0.25) is 0 Å². The van der Waals surface area contributed by atoms with E-state index in [-0.39, 0.29) is 29.8 Å². The van der Waals surface area contributed by atoms with Gasteiger partial charge in [-0.15, -0.1) is 0 Å². The van der Waals surface area contributed by atoms with Crippen LogP contribution in [0.1, 0.15) is 74.9 Å². The number of pyridine rings is 1. The zero-order chi connectivity index (χ0) is 42.6. The van der Waals surface area contributed by atoms with Crippen LogP contribution >= 0.6 is 0 Å². The van der Waals surface area contributed by atoms with Gasteiger partial charge < -0.3 is 39.9 Å². The predicted molar refractivity (Wildman–Crippen MR) is 229 cm³/mol. The largest absolute Gasteiger partial charge is 0.453 e. The number of rotatable bonds is 11. The molecule has 4 N–H and O–H groups in total. The number of benzene rings is 3. The highest BCUT2D eigenvalue weighted by atomic mass is 16.5. The molecular weight excluding hydrogens is 775 g/mol. The van der Waals surface area contributed by atoms with Crippen molar-refractivity contribution >= 4 is 34.8 Å². The summed E-state index contributed by atoms with van der Waals surface area (Å²) in [6, 6.07) is 22.4. The molecule has 0 saturated carbocycles. The number of methoxy groups -OCH3 is 2. The second-order valence-electron chi connectivity index (χ2n) is 15.8. The number of H-pyrrole nitrogens is 2. The molecular formula is C46H49N9O6. The first-order chi connectivity index (χ1) is 29.6. The fourth-order valence-corrected chi connectivity index (χ4v) is 8.43. The van der Waals surface area contributed by atoms with E-state index in [0.717, 1.165) is 75.9 Å². The van der Waals surface area contributed by atoms with Gasteiger partial charge in [0, 0.05) is 36.6 Å². The first-order valence-electron chi connectivity index (χ1n) is 20.6. The number of aromatic nitrogens is 5. The van der Waals surface area contributed by atoms with Crippen LogP contribution < -0.4 is 10.6 Å². The molecule has 2 aliphatic rings. The van der Waals surface area contributed by atoms with Crippen LogP contribution in [-0.4, -0.2) is 92.1 Å². The standard InChI is InChI=1S/C46H49N9O6/c1-27(2)39(52-45(58)60-3)43(56)54-20-6-9-37(54)42-49-26-36(51-42)33-18-17-31-22-30(15-16-32(31)23-33)28-11-13-29(14-12-28)35-25-48-41(50-35)38-10-7-21-55(38)44(57)40(53-46(59)61-4)34-8-5-19-47-24-34/h5,8,11-19,22-27,37-40H,6-7,9-10,20-21H2,1-4H3,(H,48,50)(H,49,51)(H,52,58)(H,53,59)/t37-,38-,39-,40?/m0/s1. The van der Waals surface area contributed by atoms with Crippen molar-refractivity contribution in [2.75, 3.05) is 27.3 Å². The molecule has 6 aromatic rings. The number of alkyl carbamates (subject to hydrolysis) is 2. The van der Waals surface area contributed by atoms with E-state index in [1.807, 2.05) is 24.9 Å². The van der Waals surface area contributed by atoms with Gasteiger partial charge in [0.05, 0.1) is 50.1 Å². The van der Waals surface area contributed by atoms with Gasteiger partial charge in [0.2, 0.25) is 5.91 Å². The smallest absolute Gasteiger partial charge is 0.407 e. The van der Waals surface area contributed by atoms with Crippen LogP contribution in [0.3, 0.4) is 0 Å². The number of hydrogen-bond acceptors (Lipinski definition) is 9. The molecule has 0 bridgehead atoms. The molecule has 15 heteroatoms. The number of aromatic amines is 2. The van der Waals surface area contributed by atoms with Crippen LogP contribution in [-0.2, 0) is 19.1 Å². The average molecular weight is 824 g/mol. The lowest BCUT2D eigenvalue weighted by molar-refractivity contribution is -0.135. The van der Waals surface area contributed by atoms with Crippen LogP contribution in [0.15, 0.2) is 97.6 Å². The number of imidazole rings is 2. The number of nitrogens with zero attached hydrogens (tertiary/aromatic N) is 5. The van der Waals surface area contributed by atoms with Gasteiger partial charge in [0.15, 0.2) is 0 Å². The minimum atomic E-state index is -0.943. The topological polar surface area (TPSA) is 188 Å². The van der Waals surface area contributed by atoms with Gasteiger partial charge in [0.25, 0.3) is 5.91 Å². The number of hydrogen-bond donors (Lipinski definition) is 4. The predicted octanol–water partition coefficient (Wildman–Crippen LogP) is 7.49. The minimum Gasteiger partial charge on any atom is -0.453 e. The van der Waals surface area contributed by atoms with Gasteiger partial charge in [-0.25, -0.2) is 19.6 Å². The Morgan fingerprint density at radius 1 is 0.672 bits per heavy atom. The molecule has 4 amide bonds. The Balaban J connectivity index is 0.942. The van der Waals surface area contributed by atoms with Crippen LogP contribution in [0, 0.1) is 5.92 Å². The number of likely N-dealkylation sites (tertiary alicyclic amines) is 2. The quantitative estimate of drug-likeness (QED) is 0.103. The molecule has 61 heavy (non-hydrogen) atoms. The van der Waals surface area contributed by atoms with Crippen molar-refractivity contribution in [2.24, 2.45) is 5.92 Å². The normalized spacial score (nSPS) is 17.3. The van der Waals surface area contributed by atoms with Crippen LogP contribution in [0.5, 0.6) is 0 Å². The van der Waals surface area contributed by atoms with Crippen LogP contribution in [0.4, 0.5) is 9.59 Å². The maximum atomic E-state index is 13.9. The Hall–Kier alpha value is -7.03. The SMILES string of the molecule is COC(=O)NC(C(=O)N1CCC[C@H]1c1ncc(-c2ccc(-c3ccc4cc(-c5cnc([C@@H]6CCCN6C(=O)[C@@H](NC(=O)OC)C(C)C)[nH]5)ccc4c3)cc2)[nH]1)c1cccnc1. The number of fused-ring (bicyclic) bond motifs is 1. The summed E-state index contributed by atoms with van der Waals surface area (Å²) in [4.78, 5) is 75.7. The third kappa shape index (κ3) is 8.54. The maximum absolute atomic E-state index is 13.9. The molecule has 0 radical (unpaired) electrons. The molecule has 0 spiro atoms. The molecule has 2 saturated heterocycles. The van der Waals surface area contributed by atoms with E-state index in [9.17, 15) is 19.2 Å². The fraction of sp³-hybridized carbons (Fsp3) is 0.326. The molecule has 2 fully saturated rings. The molecule has 5 heterocycles. The number of amides is 4. The Labute approximate surface area is 353 Å². The zero-order valence-electron chi connectivity index (χ0n) is 34.6. The highest BCUT2D eigenvalue weighted by Crippen LogP contribution is 2.36. The van der Waals surface area contributed by atoms with Gasteiger partial charge in [-0.1, -0.05) is 68.4 Å². The lowest BCUT2D eigenvalue weighted by Gasteiger charge is -2.30. The van der Waals surface area contributed by atoms with E-state index in [1.165, 1.54) is 14.2 Å². The van der Waals surface area contributed by atoms with Crippen molar-refractivity contribution in [3.8, 4) is 33.6 Å². The number of carbonyl (C=O) groups excluding carboxylic acids is 4. The minimum absolute atomic E-state index is 0.109. The number of nitrogens with one attached hydrogen (secondary N) is 4. The Morgan fingerprint density at radius 3 is 1.80 bits per heavy atom. The molecule has 4 atom stereocenters. The van der Waals surface area contributed by atoms with Crippen molar-refractivity contribution in [3.63, 3.8) is 0 Å². The number of ether oxygens (including phenoxy) is 2. The molecule has 8 rings (SSSR count). The molecule has 15 nitrogen and oxygen atoms in total. The second kappa shape index (κ2) is 17.7. The molecule has 0 aliphatic carbocycles. The van der Waals surface area contributed by atoms with Gasteiger partial charge in [-0.05, 0) is 77.3 Å². The maximum Gasteiger partial charge on any atom is 0.407 e. The van der Waals surface area contributed by atoms with E-state index in [2.05, 4.69) is 86.2 Å². The molecule has 314 valence electrons. The highest BCUT2D eigenvalue weighted by molar-refractivity contribution is 5.91. The second-order valence-corrected chi connectivity index (χ2v) is 15.8.